The van der Waals surface area contributed by atoms with E-state index in [0.717, 1.165) is 0 Å². The molecule has 0 radical (unpaired) electrons. The molecule has 1 fully saturated rings. The molecule has 1 heterocycles. The minimum absolute atomic E-state index is 0.0797. The second-order valence-corrected chi connectivity index (χ2v) is 4.85. The molecule has 1 unspecified atom stereocenters. The highest BCUT2D eigenvalue weighted by molar-refractivity contribution is 5.78. The summed E-state index contributed by atoms with van der Waals surface area (Å²) >= 11 is 0. The van der Waals surface area contributed by atoms with Crippen LogP contribution in [-0.2, 0) is 11.3 Å². The monoisotopic (exact) mass is 261 g/mol. The van der Waals surface area contributed by atoms with Crippen molar-refractivity contribution >= 4 is 5.91 Å². The molecule has 1 aliphatic rings. The molecular formula is C15H16FNO2. The standard InChI is InChI=1S/C15H16FNO2/c1-11-7-15(19)17(9-11)10-13-5-4-12(3-2-6-18)8-14(13)16/h4-5,8,11,18H,6-7,9-10H2,1H3. The highest BCUT2D eigenvalue weighted by Gasteiger charge is 2.26. The van der Waals surface area contributed by atoms with E-state index in [-0.39, 0.29) is 18.3 Å². The van der Waals surface area contributed by atoms with E-state index in [2.05, 4.69) is 11.8 Å². The van der Waals surface area contributed by atoms with Crippen molar-refractivity contribution in [3.05, 3.63) is 35.1 Å². The number of likely N-dealkylation sites (tertiary alicyclic amines) is 1. The van der Waals surface area contributed by atoms with Gasteiger partial charge in [0.1, 0.15) is 12.4 Å². The van der Waals surface area contributed by atoms with E-state index in [4.69, 9.17) is 5.11 Å². The van der Waals surface area contributed by atoms with Gasteiger partial charge in [0, 0.05) is 30.6 Å². The molecule has 4 heteroatoms. The van der Waals surface area contributed by atoms with Crippen LogP contribution in [0.25, 0.3) is 0 Å². The molecule has 100 valence electrons. The lowest BCUT2D eigenvalue weighted by atomic mass is 10.1. The normalized spacial score (nSPS) is 18.4. The van der Waals surface area contributed by atoms with Gasteiger partial charge < -0.3 is 10.0 Å². The molecule has 1 aromatic carbocycles. The third-order valence-corrected chi connectivity index (χ3v) is 3.13. The maximum atomic E-state index is 13.9. The lowest BCUT2D eigenvalue weighted by molar-refractivity contribution is -0.128. The number of carbonyl (C=O) groups excluding carboxylic acids is 1. The summed E-state index contributed by atoms with van der Waals surface area (Å²) < 4.78 is 13.9. The predicted octanol–water partition coefficient (Wildman–Crippen LogP) is 1.54. The Bertz CT molecular complexity index is 545. The van der Waals surface area contributed by atoms with E-state index in [9.17, 15) is 9.18 Å². The number of rotatable bonds is 2. The fraction of sp³-hybridized carbons (Fsp3) is 0.400. The lowest BCUT2D eigenvalue weighted by Crippen LogP contribution is -2.24. The quantitative estimate of drug-likeness (QED) is 0.820. The molecule has 0 spiro atoms. The third-order valence-electron chi connectivity index (χ3n) is 3.13. The van der Waals surface area contributed by atoms with Crippen LogP contribution >= 0.6 is 0 Å². The first-order chi connectivity index (χ1) is 9.10. The van der Waals surface area contributed by atoms with Gasteiger partial charge in [-0.2, -0.15) is 0 Å². The molecule has 2 rings (SSSR count). The molecule has 1 aliphatic heterocycles. The zero-order chi connectivity index (χ0) is 13.8. The Labute approximate surface area is 112 Å². The van der Waals surface area contributed by atoms with Crippen molar-refractivity contribution in [1.82, 2.24) is 4.90 Å². The molecule has 0 bridgehead atoms. The molecule has 19 heavy (non-hydrogen) atoms. The highest BCUT2D eigenvalue weighted by Crippen LogP contribution is 2.20. The van der Waals surface area contributed by atoms with Gasteiger partial charge in [-0.25, -0.2) is 4.39 Å². The first-order valence-corrected chi connectivity index (χ1v) is 6.26. The molecule has 0 aliphatic carbocycles. The van der Waals surface area contributed by atoms with Gasteiger partial charge >= 0.3 is 0 Å². The summed E-state index contributed by atoms with van der Waals surface area (Å²) in [6.07, 6.45) is 0.543. The van der Waals surface area contributed by atoms with Gasteiger partial charge in [0.25, 0.3) is 0 Å². The Morgan fingerprint density at radius 2 is 2.32 bits per heavy atom. The summed E-state index contributed by atoms with van der Waals surface area (Å²) in [4.78, 5) is 13.3. The van der Waals surface area contributed by atoms with Crippen LogP contribution in [0.1, 0.15) is 24.5 Å². The van der Waals surface area contributed by atoms with E-state index >= 15 is 0 Å². The van der Waals surface area contributed by atoms with Gasteiger partial charge in [0.05, 0.1) is 0 Å². The average Bonchev–Trinajstić information content (AvgIpc) is 2.68. The fourth-order valence-electron chi connectivity index (χ4n) is 2.22. The molecule has 0 aromatic heterocycles. The third kappa shape index (κ3) is 3.33. The zero-order valence-electron chi connectivity index (χ0n) is 10.8. The Morgan fingerprint density at radius 3 is 2.89 bits per heavy atom. The summed E-state index contributed by atoms with van der Waals surface area (Å²) in [5.74, 6) is 5.18. The molecule has 1 atom stereocenters. The van der Waals surface area contributed by atoms with Crippen molar-refractivity contribution in [3.63, 3.8) is 0 Å². The largest absolute Gasteiger partial charge is 0.384 e. The second kappa shape index (κ2) is 5.85. The number of nitrogens with zero attached hydrogens (tertiary/aromatic N) is 1. The minimum atomic E-state index is -0.364. The van der Waals surface area contributed by atoms with Crippen LogP contribution in [0.15, 0.2) is 18.2 Å². The molecule has 1 N–H and O–H groups in total. The SMILES string of the molecule is CC1CC(=O)N(Cc2ccc(C#CCO)cc2F)C1. The van der Waals surface area contributed by atoms with E-state index in [0.29, 0.717) is 36.6 Å². The van der Waals surface area contributed by atoms with Gasteiger partial charge in [-0.15, -0.1) is 0 Å². The van der Waals surface area contributed by atoms with E-state index in [1.807, 2.05) is 6.92 Å². The predicted molar refractivity (Wildman–Crippen MR) is 69.6 cm³/mol. The summed E-state index contributed by atoms with van der Waals surface area (Å²) in [6.45, 7) is 2.76. The number of benzene rings is 1. The minimum Gasteiger partial charge on any atom is -0.384 e. The molecule has 1 saturated heterocycles. The zero-order valence-corrected chi connectivity index (χ0v) is 10.8. The van der Waals surface area contributed by atoms with Crippen LogP contribution in [0.2, 0.25) is 0 Å². The van der Waals surface area contributed by atoms with Crippen molar-refractivity contribution in [1.29, 1.82) is 0 Å². The number of amides is 1. The van der Waals surface area contributed by atoms with Gasteiger partial charge in [-0.3, -0.25) is 4.79 Å². The number of halogens is 1. The van der Waals surface area contributed by atoms with Crippen molar-refractivity contribution in [3.8, 4) is 11.8 Å². The highest BCUT2D eigenvalue weighted by atomic mass is 19.1. The first-order valence-electron chi connectivity index (χ1n) is 6.26. The summed E-state index contributed by atoms with van der Waals surface area (Å²) in [6, 6.07) is 4.68. The summed E-state index contributed by atoms with van der Waals surface area (Å²) in [5, 5.41) is 8.58. The molecule has 1 aromatic rings. The van der Waals surface area contributed by atoms with Crippen LogP contribution < -0.4 is 0 Å². The maximum absolute atomic E-state index is 13.9. The van der Waals surface area contributed by atoms with Gasteiger partial charge in [0.2, 0.25) is 5.91 Å². The number of hydrogen-bond acceptors (Lipinski definition) is 2. The van der Waals surface area contributed by atoms with Gasteiger partial charge in [-0.05, 0) is 18.1 Å². The topological polar surface area (TPSA) is 40.5 Å². The number of aliphatic hydroxyl groups is 1. The van der Waals surface area contributed by atoms with E-state index < -0.39 is 0 Å². The van der Waals surface area contributed by atoms with Crippen molar-refractivity contribution in [2.75, 3.05) is 13.2 Å². The van der Waals surface area contributed by atoms with Crippen LogP contribution in [0, 0.1) is 23.6 Å². The smallest absolute Gasteiger partial charge is 0.223 e. The van der Waals surface area contributed by atoms with Crippen molar-refractivity contribution in [2.24, 2.45) is 5.92 Å². The molecule has 0 saturated carbocycles. The van der Waals surface area contributed by atoms with Crippen molar-refractivity contribution in [2.45, 2.75) is 19.9 Å². The first kappa shape index (κ1) is 13.6. The second-order valence-electron chi connectivity index (χ2n) is 4.85. The number of aliphatic hydroxyl groups excluding tert-OH is 1. The summed E-state index contributed by atoms with van der Waals surface area (Å²) in [7, 11) is 0. The Morgan fingerprint density at radius 1 is 1.53 bits per heavy atom. The molecule has 3 nitrogen and oxygen atoms in total. The Kier molecular flexibility index (Phi) is 4.18. The van der Waals surface area contributed by atoms with Crippen LogP contribution in [0.5, 0.6) is 0 Å². The van der Waals surface area contributed by atoms with Gasteiger partial charge in [-0.1, -0.05) is 24.8 Å². The Hall–Kier alpha value is -1.86. The van der Waals surface area contributed by atoms with Gasteiger partial charge in [0.15, 0.2) is 0 Å². The van der Waals surface area contributed by atoms with Crippen LogP contribution in [0.3, 0.4) is 0 Å². The Balaban J connectivity index is 2.11. The lowest BCUT2D eigenvalue weighted by Gasteiger charge is -2.16. The summed E-state index contributed by atoms with van der Waals surface area (Å²) in [5.41, 5.74) is 1.02. The van der Waals surface area contributed by atoms with Crippen LogP contribution in [-0.4, -0.2) is 29.1 Å². The van der Waals surface area contributed by atoms with E-state index in [1.165, 1.54) is 6.07 Å². The molecular weight excluding hydrogens is 245 g/mol. The molecule has 1 amide bonds. The van der Waals surface area contributed by atoms with E-state index in [1.54, 1.807) is 17.0 Å². The number of carbonyl (C=O) groups is 1. The number of hydrogen-bond donors (Lipinski definition) is 1. The maximum Gasteiger partial charge on any atom is 0.223 e. The fourth-order valence-corrected chi connectivity index (χ4v) is 2.22. The van der Waals surface area contributed by atoms with Crippen molar-refractivity contribution < 1.29 is 14.3 Å². The average molecular weight is 261 g/mol. The van der Waals surface area contributed by atoms with Crippen LogP contribution in [0.4, 0.5) is 4.39 Å².